The summed E-state index contributed by atoms with van der Waals surface area (Å²) in [6.07, 6.45) is 1.92. The van der Waals surface area contributed by atoms with Crippen molar-refractivity contribution >= 4 is 28.6 Å². The Labute approximate surface area is 116 Å². The molecule has 0 radical (unpaired) electrons. The summed E-state index contributed by atoms with van der Waals surface area (Å²) >= 11 is 1.55. The molecule has 98 valence electrons. The summed E-state index contributed by atoms with van der Waals surface area (Å²) in [5.41, 5.74) is 8.88. The van der Waals surface area contributed by atoms with Crippen molar-refractivity contribution in [2.45, 2.75) is 19.8 Å². The molecule has 0 saturated carbocycles. The molecule has 0 aliphatic carbocycles. The van der Waals surface area contributed by atoms with Crippen LogP contribution in [0.4, 0.5) is 11.4 Å². The molecule has 3 nitrogen and oxygen atoms in total. The van der Waals surface area contributed by atoms with E-state index in [0.717, 1.165) is 46.1 Å². The van der Waals surface area contributed by atoms with Crippen molar-refractivity contribution in [3.63, 3.8) is 0 Å². The summed E-state index contributed by atoms with van der Waals surface area (Å²) in [4.78, 5) is 16.4. The molecule has 2 N–H and O–H groups in total. The van der Waals surface area contributed by atoms with E-state index in [0.29, 0.717) is 0 Å². The minimum atomic E-state index is 0.0876. The van der Waals surface area contributed by atoms with E-state index in [-0.39, 0.29) is 5.91 Å². The Balaban J connectivity index is 2.00. The summed E-state index contributed by atoms with van der Waals surface area (Å²) in [5.74, 6) is 0.0876. The molecule has 0 unspecified atom stereocenters. The third-order valence-electron chi connectivity index (χ3n) is 3.48. The fourth-order valence-corrected chi connectivity index (χ4v) is 3.36. The maximum absolute atomic E-state index is 12.6. The number of hydrogen-bond donors (Lipinski definition) is 1. The second-order valence-electron chi connectivity index (χ2n) is 4.82. The third kappa shape index (κ3) is 2.12. The fourth-order valence-electron chi connectivity index (χ4n) is 2.55. The van der Waals surface area contributed by atoms with Crippen molar-refractivity contribution in [3.8, 4) is 0 Å². The second-order valence-corrected chi connectivity index (χ2v) is 6.10. The van der Waals surface area contributed by atoms with E-state index in [9.17, 15) is 4.79 Å². The summed E-state index contributed by atoms with van der Waals surface area (Å²) in [6.45, 7) is 2.79. The van der Waals surface area contributed by atoms with E-state index < -0.39 is 0 Å². The van der Waals surface area contributed by atoms with Crippen molar-refractivity contribution in [3.05, 3.63) is 45.6 Å². The molecular weight excluding hydrogens is 256 g/mol. The zero-order valence-electron chi connectivity index (χ0n) is 10.8. The average molecular weight is 272 g/mol. The molecule has 0 bridgehead atoms. The summed E-state index contributed by atoms with van der Waals surface area (Å²) in [7, 11) is 0. The van der Waals surface area contributed by atoms with E-state index >= 15 is 0 Å². The zero-order chi connectivity index (χ0) is 13.4. The van der Waals surface area contributed by atoms with Crippen LogP contribution in [0, 0.1) is 6.92 Å². The molecular formula is C15H16N2OS. The number of fused-ring (bicyclic) bond motifs is 1. The van der Waals surface area contributed by atoms with Gasteiger partial charge in [0.05, 0.1) is 4.88 Å². The first-order chi connectivity index (χ1) is 9.16. The standard InChI is InChI=1S/C15H16N2OS/c1-10-7-8-14(19-10)15(18)17-9-3-4-11-12(16)5-2-6-13(11)17/h2,5-8H,3-4,9,16H2,1H3. The Kier molecular flexibility index (Phi) is 3.03. The van der Waals surface area contributed by atoms with Gasteiger partial charge in [-0.05, 0) is 49.6 Å². The van der Waals surface area contributed by atoms with Gasteiger partial charge in [-0.1, -0.05) is 6.07 Å². The third-order valence-corrected chi connectivity index (χ3v) is 4.47. The van der Waals surface area contributed by atoms with Crippen LogP contribution in [-0.2, 0) is 6.42 Å². The van der Waals surface area contributed by atoms with Gasteiger partial charge in [0.2, 0.25) is 0 Å². The fraction of sp³-hybridized carbons (Fsp3) is 0.267. The minimum Gasteiger partial charge on any atom is -0.398 e. The van der Waals surface area contributed by atoms with Crippen LogP contribution >= 0.6 is 11.3 Å². The maximum Gasteiger partial charge on any atom is 0.268 e. The molecule has 3 rings (SSSR count). The predicted molar refractivity (Wildman–Crippen MR) is 79.9 cm³/mol. The van der Waals surface area contributed by atoms with Crippen LogP contribution in [0.25, 0.3) is 0 Å². The highest BCUT2D eigenvalue weighted by molar-refractivity contribution is 7.14. The average Bonchev–Trinajstić information content (AvgIpc) is 2.85. The largest absolute Gasteiger partial charge is 0.398 e. The smallest absolute Gasteiger partial charge is 0.268 e. The lowest BCUT2D eigenvalue weighted by molar-refractivity contribution is 0.0989. The van der Waals surface area contributed by atoms with Gasteiger partial charge in [0.25, 0.3) is 5.91 Å². The van der Waals surface area contributed by atoms with Crippen molar-refractivity contribution in [2.75, 3.05) is 17.2 Å². The topological polar surface area (TPSA) is 46.3 Å². The van der Waals surface area contributed by atoms with Gasteiger partial charge >= 0.3 is 0 Å². The van der Waals surface area contributed by atoms with Crippen LogP contribution < -0.4 is 10.6 Å². The molecule has 1 aromatic heterocycles. The van der Waals surface area contributed by atoms with Gasteiger partial charge in [0, 0.05) is 22.8 Å². The number of carbonyl (C=O) groups is 1. The van der Waals surface area contributed by atoms with E-state index in [2.05, 4.69) is 0 Å². The van der Waals surface area contributed by atoms with Crippen LogP contribution in [0.15, 0.2) is 30.3 Å². The summed E-state index contributed by atoms with van der Waals surface area (Å²) in [5, 5.41) is 0. The molecule has 2 aromatic rings. The molecule has 2 heterocycles. The Morgan fingerprint density at radius 3 is 2.89 bits per heavy atom. The van der Waals surface area contributed by atoms with Crippen LogP contribution in [0.1, 0.15) is 26.5 Å². The number of benzene rings is 1. The number of nitrogens with zero attached hydrogens (tertiary/aromatic N) is 1. The Morgan fingerprint density at radius 2 is 2.16 bits per heavy atom. The Morgan fingerprint density at radius 1 is 1.32 bits per heavy atom. The van der Waals surface area contributed by atoms with Crippen molar-refractivity contribution in [1.29, 1.82) is 0 Å². The van der Waals surface area contributed by atoms with Gasteiger partial charge in [-0.15, -0.1) is 11.3 Å². The predicted octanol–water partition coefficient (Wildman–Crippen LogP) is 3.23. The van der Waals surface area contributed by atoms with Crippen molar-refractivity contribution < 1.29 is 4.79 Å². The van der Waals surface area contributed by atoms with E-state index in [1.54, 1.807) is 11.3 Å². The quantitative estimate of drug-likeness (QED) is 0.810. The van der Waals surface area contributed by atoms with Crippen LogP contribution in [-0.4, -0.2) is 12.5 Å². The lowest BCUT2D eigenvalue weighted by Gasteiger charge is -2.29. The van der Waals surface area contributed by atoms with Gasteiger partial charge in [-0.25, -0.2) is 0 Å². The SMILES string of the molecule is Cc1ccc(C(=O)N2CCCc3c(N)cccc32)s1. The van der Waals surface area contributed by atoms with Gasteiger partial charge < -0.3 is 10.6 Å². The second kappa shape index (κ2) is 4.70. The van der Waals surface area contributed by atoms with Crippen molar-refractivity contribution in [1.82, 2.24) is 0 Å². The summed E-state index contributed by atoms with van der Waals surface area (Å²) < 4.78 is 0. The van der Waals surface area contributed by atoms with Gasteiger partial charge in [-0.3, -0.25) is 4.79 Å². The normalized spacial score (nSPS) is 14.3. The minimum absolute atomic E-state index is 0.0876. The first-order valence-electron chi connectivity index (χ1n) is 6.42. The van der Waals surface area contributed by atoms with E-state index in [1.165, 1.54) is 0 Å². The number of amides is 1. The number of nitrogen functional groups attached to an aromatic ring is 1. The lowest BCUT2D eigenvalue weighted by atomic mass is 10.00. The number of anilines is 2. The molecule has 19 heavy (non-hydrogen) atoms. The molecule has 4 heteroatoms. The van der Waals surface area contributed by atoms with Gasteiger partial charge in [-0.2, -0.15) is 0 Å². The highest BCUT2D eigenvalue weighted by Crippen LogP contribution is 2.33. The number of carbonyl (C=O) groups excluding carboxylic acids is 1. The summed E-state index contributed by atoms with van der Waals surface area (Å²) in [6, 6.07) is 9.70. The Bertz CT molecular complexity index is 633. The molecule has 1 aromatic carbocycles. The molecule has 1 aliphatic heterocycles. The highest BCUT2D eigenvalue weighted by atomic mass is 32.1. The number of nitrogens with two attached hydrogens (primary N) is 1. The van der Waals surface area contributed by atoms with Gasteiger partial charge in [0.15, 0.2) is 0 Å². The number of hydrogen-bond acceptors (Lipinski definition) is 3. The first-order valence-corrected chi connectivity index (χ1v) is 7.24. The number of aryl methyl sites for hydroxylation is 1. The highest BCUT2D eigenvalue weighted by Gasteiger charge is 2.25. The molecule has 0 saturated heterocycles. The molecule has 1 aliphatic rings. The maximum atomic E-state index is 12.6. The zero-order valence-corrected chi connectivity index (χ0v) is 11.7. The first kappa shape index (κ1) is 12.2. The van der Waals surface area contributed by atoms with Crippen LogP contribution in [0.5, 0.6) is 0 Å². The van der Waals surface area contributed by atoms with E-state index in [1.807, 2.05) is 42.2 Å². The Hall–Kier alpha value is -1.81. The van der Waals surface area contributed by atoms with Crippen molar-refractivity contribution in [2.24, 2.45) is 0 Å². The molecule has 0 spiro atoms. The molecule has 0 atom stereocenters. The number of rotatable bonds is 1. The van der Waals surface area contributed by atoms with Crippen LogP contribution in [0.2, 0.25) is 0 Å². The van der Waals surface area contributed by atoms with Crippen LogP contribution in [0.3, 0.4) is 0 Å². The lowest BCUT2D eigenvalue weighted by Crippen LogP contribution is -2.35. The molecule has 1 amide bonds. The van der Waals surface area contributed by atoms with E-state index in [4.69, 9.17) is 5.73 Å². The molecule has 0 fully saturated rings. The number of thiophene rings is 1. The van der Waals surface area contributed by atoms with Gasteiger partial charge in [0.1, 0.15) is 0 Å². The monoisotopic (exact) mass is 272 g/mol.